The molecular weight excluding hydrogens is 272 g/mol. The molecule has 1 aliphatic carbocycles. The second kappa shape index (κ2) is 7.19. The number of hydrogen-bond acceptors (Lipinski definition) is 4. The minimum Gasteiger partial charge on any atom is -0.476 e. The highest BCUT2D eigenvalue weighted by atomic mass is 16.4. The van der Waals surface area contributed by atoms with E-state index in [0.29, 0.717) is 5.92 Å². The molecule has 116 valence electrons. The van der Waals surface area contributed by atoms with Crippen molar-refractivity contribution in [2.24, 2.45) is 5.92 Å². The van der Waals surface area contributed by atoms with Crippen molar-refractivity contribution in [1.82, 2.24) is 20.3 Å². The molecule has 1 unspecified atom stereocenters. The van der Waals surface area contributed by atoms with E-state index in [9.17, 15) is 9.59 Å². The van der Waals surface area contributed by atoms with Crippen molar-refractivity contribution < 1.29 is 14.7 Å². The summed E-state index contributed by atoms with van der Waals surface area (Å²) in [6.45, 7) is 2.15. The Bertz CT molecular complexity index is 496. The first-order chi connectivity index (χ1) is 10.1. The van der Waals surface area contributed by atoms with Gasteiger partial charge in [-0.25, -0.2) is 9.48 Å². The Hall–Kier alpha value is -1.92. The largest absolute Gasteiger partial charge is 0.476 e. The summed E-state index contributed by atoms with van der Waals surface area (Å²) in [4.78, 5) is 22.8. The number of carboxylic acids is 1. The predicted molar refractivity (Wildman–Crippen MR) is 75.8 cm³/mol. The van der Waals surface area contributed by atoms with Gasteiger partial charge < -0.3 is 10.4 Å². The zero-order valence-electron chi connectivity index (χ0n) is 12.3. The van der Waals surface area contributed by atoms with Gasteiger partial charge in [-0.15, -0.1) is 5.10 Å². The highest BCUT2D eigenvalue weighted by Gasteiger charge is 2.28. The van der Waals surface area contributed by atoms with E-state index in [-0.39, 0.29) is 24.2 Å². The van der Waals surface area contributed by atoms with Crippen LogP contribution in [-0.4, -0.2) is 38.0 Å². The maximum Gasteiger partial charge on any atom is 0.358 e. The molecule has 7 nitrogen and oxygen atoms in total. The summed E-state index contributed by atoms with van der Waals surface area (Å²) < 4.78 is 1.26. The van der Waals surface area contributed by atoms with Crippen LogP contribution in [0, 0.1) is 5.92 Å². The molecule has 1 aromatic rings. The van der Waals surface area contributed by atoms with Crippen molar-refractivity contribution in [2.45, 2.75) is 58.0 Å². The molecule has 1 saturated carbocycles. The zero-order chi connectivity index (χ0) is 15.2. The van der Waals surface area contributed by atoms with Crippen LogP contribution in [0.2, 0.25) is 0 Å². The summed E-state index contributed by atoms with van der Waals surface area (Å²) >= 11 is 0. The Labute approximate surface area is 123 Å². The smallest absolute Gasteiger partial charge is 0.358 e. The SMILES string of the molecule is CCCCC(NC(=O)Cn1cc(C(=O)O)nn1)C1CCC1. The first kappa shape index (κ1) is 15.5. The van der Waals surface area contributed by atoms with Crippen molar-refractivity contribution in [3.63, 3.8) is 0 Å². The van der Waals surface area contributed by atoms with Crippen LogP contribution in [0.25, 0.3) is 0 Å². The molecule has 1 aliphatic rings. The molecule has 1 atom stereocenters. The third kappa shape index (κ3) is 4.27. The first-order valence-electron chi connectivity index (χ1n) is 7.53. The summed E-state index contributed by atoms with van der Waals surface area (Å²) in [5, 5.41) is 19.0. The summed E-state index contributed by atoms with van der Waals surface area (Å²) in [5.41, 5.74) is -0.149. The Morgan fingerprint density at radius 3 is 2.81 bits per heavy atom. The van der Waals surface area contributed by atoms with E-state index in [1.807, 2.05) is 0 Å². The van der Waals surface area contributed by atoms with Gasteiger partial charge in [-0.05, 0) is 25.2 Å². The van der Waals surface area contributed by atoms with Gasteiger partial charge in [-0.2, -0.15) is 0 Å². The van der Waals surface area contributed by atoms with Crippen LogP contribution in [0.3, 0.4) is 0 Å². The number of rotatable bonds is 8. The van der Waals surface area contributed by atoms with Gasteiger partial charge in [0.25, 0.3) is 0 Å². The van der Waals surface area contributed by atoms with E-state index < -0.39 is 5.97 Å². The molecule has 0 bridgehead atoms. The predicted octanol–water partition coefficient (Wildman–Crippen LogP) is 1.45. The Morgan fingerprint density at radius 1 is 1.52 bits per heavy atom. The van der Waals surface area contributed by atoms with Gasteiger partial charge >= 0.3 is 5.97 Å². The first-order valence-corrected chi connectivity index (χ1v) is 7.53. The minimum atomic E-state index is -1.14. The molecule has 0 aliphatic heterocycles. The molecule has 0 saturated heterocycles. The second-order valence-electron chi connectivity index (χ2n) is 5.61. The van der Waals surface area contributed by atoms with Crippen LogP contribution < -0.4 is 5.32 Å². The van der Waals surface area contributed by atoms with Crippen LogP contribution in [0.4, 0.5) is 0 Å². The maximum absolute atomic E-state index is 12.1. The second-order valence-corrected chi connectivity index (χ2v) is 5.61. The highest BCUT2D eigenvalue weighted by Crippen LogP contribution is 2.31. The number of carbonyl (C=O) groups excluding carboxylic acids is 1. The van der Waals surface area contributed by atoms with Crippen LogP contribution in [0.15, 0.2) is 6.20 Å². The average molecular weight is 294 g/mol. The maximum atomic E-state index is 12.1. The van der Waals surface area contributed by atoms with E-state index in [4.69, 9.17) is 5.11 Å². The number of unbranched alkanes of at least 4 members (excludes halogenated alkanes) is 1. The molecule has 2 rings (SSSR count). The van der Waals surface area contributed by atoms with Gasteiger partial charge in [-0.1, -0.05) is 31.4 Å². The minimum absolute atomic E-state index is 0.00955. The molecule has 0 aromatic carbocycles. The van der Waals surface area contributed by atoms with Crippen molar-refractivity contribution in [1.29, 1.82) is 0 Å². The molecule has 0 radical (unpaired) electrons. The summed E-state index contributed by atoms with van der Waals surface area (Å²) in [6.07, 6.45) is 8.10. The number of nitrogens with one attached hydrogen (secondary N) is 1. The van der Waals surface area contributed by atoms with Gasteiger partial charge in [0, 0.05) is 6.04 Å². The monoisotopic (exact) mass is 294 g/mol. The van der Waals surface area contributed by atoms with Crippen LogP contribution in [-0.2, 0) is 11.3 Å². The lowest BCUT2D eigenvalue weighted by Crippen LogP contribution is -2.44. The Balaban J connectivity index is 1.86. The fourth-order valence-corrected chi connectivity index (χ4v) is 2.57. The number of aromatic nitrogens is 3. The number of carboxylic acid groups (broad SMARTS) is 1. The molecule has 0 spiro atoms. The molecular formula is C14H22N4O3. The van der Waals surface area contributed by atoms with E-state index in [1.165, 1.54) is 30.1 Å². The van der Waals surface area contributed by atoms with Crippen molar-refractivity contribution in [3.8, 4) is 0 Å². The lowest BCUT2D eigenvalue weighted by molar-refractivity contribution is -0.123. The lowest BCUT2D eigenvalue weighted by Gasteiger charge is -2.34. The third-order valence-electron chi connectivity index (χ3n) is 4.00. The molecule has 1 heterocycles. The molecule has 21 heavy (non-hydrogen) atoms. The van der Waals surface area contributed by atoms with E-state index >= 15 is 0 Å². The van der Waals surface area contributed by atoms with Crippen LogP contribution in [0.5, 0.6) is 0 Å². The number of carbonyl (C=O) groups is 2. The van der Waals surface area contributed by atoms with E-state index in [1.54, 1.807) is 0 Å². The molecule has 1 fully saturated rings. The number of amides is 1. The topological polar surface area (TPSA) is 97.1 Å². The molecule has 2 N–H and O–H groups in total. The van der Waals surface area contributed by atoms with Gasteiger partial charge in [0.05, 0.1) is 6.20 Å². The zero-order valence-corrected chi connectivity index (χ0v) is 12.3. The normalized spacial score (nSPS) is 16.2. The highest BCUT2D eigenvalue weighted by molar-refractivity contribution is 5.84. The number of nitrogens with zero attached hydrogens (tertiary/aromatic N) is 3. The quantitative estimate of drug-likeness (QED) is 0.756. The van der Waals surface area contributed by atoms with Gasteiger partial charge in [0.1, 0.15) is 6.54 Å². The Kier molecular flexibility index (Phi) is 5.30. The lowest BCUT2D eigenvalue weighted by atomic mass is 9.78. The van der Waals surface area contributed by atoms with Crippen LogP contribution in [0.1, 0.15) is 55.9 Å². The Morgan fingerprint density at radius 2 is 2.29 bits per heavy atom. The van der Waals surface area contributed by atoms with Crippen molar-refractivity contribution in [3.05, 3.63) is 11.9 Å². The fraction of sp³-hybridized carbons (Fsp3) is 0.714. The number of aromatic carboxylic acids is 1. The van der Waals surface area contributed by atoms with Crippen molar-refractivity contribution >= 4 is 11.9 Å². The molecule has 7 heteroatoms. The van der Waals surface area contributed by atoms with Crippen molar-refractivity contribution in [2.75, 3.05) is 0 Å². The van der Waals surface area contributed by atoms with Gasteiger partial charge in [-0.3, -0.25) is 4.79 Å². The van der Waals surface area contributed by atoms with E-state index in [2.05, 4.69) is 22.6 Å². The fourth-order valence-electron chi connectivity index (χ4n) is 2.57. The van der Waals surface area contributed by atoms with Crippen LogP contribution >= 0.6 is 0 Å². The summed E-state index contributed by atoms with van der Waals surface area (Å²) in [5.74, 6) is -0.687. The standard InChI is InChI=1S/C14H22N4O3/c1-2-3-7-11(10-5-4-6-10)15-13(19)9-18-8-12(14(20)21)16-17-18/h8,10-11H,2-7,9H2,1H3,(H,15,19)(H,20,21). The molecule has 1 aromatic heterocycles. The average Bonchev–Trinajstić information content (AvgIpc) is 2.82. The van der Waals surface area contributed by atoms with Gasteiger partial charge in [0.15, 0.2) is 5.69 Å². The summed E-state index contributed by atoms with van der Waals surface area (Å²) in [6, 6.07) is 0.230. The third-order valence-corrected chi connectivity index (χ3v) is 4.00. The van der Waals surface area contributed by atoms with Gasteiger partial charge in [0.2, 0.25) is 5.91 Å². The molecule has 1 amide bonds. The van der Waals surface area contributed by atoms with E-state index in [0.717, 1.165) is 19.3 Å². The number of hydrogen-bond donors (Lipinski definition) is 2. The summed E-state index contributed by atoms with van der Waals surface area (Å²) in [7, 11) is 0.